The Morgan fingerprint density at radius 1 is 1.19 bits per heavy atom. The van der Waals surface area contributed by atoms with E-state index in [0.717, 1.165) is 28.2 Å². The van der Waals surface area contributed by atoms with Crippen LogP contribution in [0.5, 0.6) is 5.75 Å². The molecule has 2 aromatic rings. The zero-order chi connectivity index (χ0) is 19.4. The lowest BCUT2D eigenvalue weighted by atomic mass is 10.1. The Hall–Kier alpha value is -2.54. The highest BCUT2D eigenvalue weighted by Gasteiger charge is 2.25. The quantitative estimate of drug-likeness (QED) is 0.771. The minimum atomic E-state index is -1.61. The highest BCUT2D eigenvalue weighted by atomic mass is 19.2. The summed E-state index contributed by atoms with van der Waals surface area (Å²) in [5.74, 6) is -4.11. The molecule has 26 heavy (non-hydrogen) atoms. The summed E-state index contributed by atoms with van der Waals surface area (Å²) in [6.07, 6.45) is 0. The van der Waals surface area contributed by atoms with Gasteiger partial charge >= 0.3 is 0 Å². The summed E-state index contributed by atoms with van der Waals surface area (Å²) >= 11 is 0. The van der Waals surface area contributed by atoms with Crippen molar-refractivity contribution in [1.29, 1.82) is 0 Å². The minimum Gasteiger partial charge on any atom is -0.496 e. The molecular formula is C19H22F3N2O2+. The van der Waals surface area contributed by atoms with Crippen molar-refractivity contribution in [3.05, 3.63) is 58.9 Å². The number of quaternary nitrogens is 1. The van der Waals surface area contributed by atoms with Crippen LogP contribution in [0.3, 0.4) is 0 Å². The van der Waals surface area contributed by atoms with Crippen molar-refractivity contribution in [2.45, 2.75) is 26.4 Å². The Kier molecular flexibility index (Phi) is 6.26. The van der Waals surface area contributed by atoms with Gasteiger partial charge in [0.2, 0.25) is 0 Å². The topological polar surface area (TPSA) is 42.8 Å². The van der Waals surface area contributed by atoms with Crippen LogP contribution in [-0.2, 0) is 11.3 Å². The average molecular weight is 367 g/mol. The van der Waals surface area contributed by atoms with E-state index in [9.17, 15) is 18.0 Å². The fourth-order valence-electron chi connectivity index (χ4n) is 2.59. The lowest BCUT2D eigenvalue weighted by Gasteiger charge is -2.22. The van der Waals surface area contributed by atoms with Gasteiger partial charge in [0.05, 0.1) is 19.8 Å². The summed E-state index contributed by atoms with van der Waals surface area (Å²) in [4.78, 5) is 13.2. The van der Waals surface area contributed by atoms with Crippen LogP contribution in [0.2, 0.25) is 0 Å². The summed E-state index contributed by atoms with van der Waals surface area (Å²) < 4.78 is 45.3. The number of hydrogen-bond acceptors (Lipinski definition) is 2. The number of nitrogens with one attached hydrogen (secondary N) is 2. The molecule has 0 spiro atoms. The van der Waals surface area contributed by atoms with Crippen molar-refractivity contribution in [3.8, 4) is 5.75 Å². The zero-order valence-corrected chi connectivity index (χ0v) is 15.1. The molecular weight excluding hydrogens is 345 g/mol. The van der Waals surface area contributed by atoms with Crippen molar-refractivity contribution in [2.75, 3.05) is 19.5 Å². The maximum Gasteiger partial charge on any atom is 0.282 e. The zero-order valence-electron chi connectivity index (χ0n) is 15.1. The number of methoxy groups -OCH3 is 1. The van der Waals surface area contributed by atoms with E-state index in [1.807, 2.05) is 32.2 Å². The summed E-state index contributed by atoms with van der Waals surface area (Å²) in [5.41, 5.74) is 1.61. The second-order valence-electron chi connectivity index (χ2n) is 6.27. The van der Waals surface area contributed by atoms with Gasteiger partial charge < -0.3 is 15.0 Å². The van der Waals surface area contributed by atoms with Gasteiger partial charge in [-0.05, 0) is 38.1 Å². The molecule has 2 atom stereocenters. The molecule has 1 unspecified atom stereocenters. The molecule has 0 aliphatic heterocycles. The van der Waals surface area contributed by atoms with Crippen LogP contribution in [0.25, 0.3) is 0 Å². The summed E-state index contributed by atoms with van der Waals surface area (Å²) in [6.45, 7) is 4.13. The molecule has 1 amide bonds. The van der Waals surface area contributed by atoms with Gasteiger partial charge in [-0.3, -0.25) is 4.79 Å². The van der Waals surface area contributed by atoms with E-state index in [1.54, 1.807) is 14.0 Å². The third kappa shape index (κ3) is 4.35. The molecule has 0 saturated heterocycles. The van der Waals surface area contributed by atoms with Crippen LogP contribution < -0.4 is 15.0 Å². The number of amides is 1. The van der Waals surface area contributed by atoms with Crippen molar-refractivity contribution in [1.82, 2.24) is 0 Å². The lowest BCUT2D eigenvalue weighted by molar-refractivity contribution is -0.907. The number of ether oxygens (including phenoxy) is 1. The fraction of sp³-hybridized carbons (Fsp3) is 0.316. The number of carbonyl (C=O) groups is 1. The van der Waals surface area contributed by atoms with Crippen LogP contribution in [0.15, 0.2) is 30.3 Å². The minimum absolute atomic E-state index is 0.387. The molecule has 0 heterocycles. The molecule has 2 aromatic carbocycles. The molecule has 0 bridgehead atoms. The van der Waals surface area contributed by atoms with Crippen LogP contribution in [0.4, 0.5) is 18.9 Å². The van der Waals surface area contributed by atoms with Crippen LogP contribution in [0, 0.1) is 24.4 Å². The van der Waals surface area contributed by atoms with Gasteiger partial charge in [-0.2, -0.15) is 0 Å². The third-order valence-electron chi connectivity index (χ3n) is 4.33. The monoisotopic (exact) mass is 367 g/mol. The van der Waals surface area contributed by atoms with Crippen LogP contribution in [-0.4, -0.2) is 26.1 Å². The number of hydrogen-bond donors (Lipinski definition) is 2. The molecule has 0 fully saturated rings. The van der Waals surface area contributed by atoms with Crippen molar-refractivity contribution in [3.63, 3.8) is 0 Å². The van der Waals surface area contributed by atoms with E-state index in [2.05, 4.69) is 5.32 Å². The van der Waals surface area contributed by atoms with Gasteiger partial charge in [0, 0.05) is 5.56 Å². The van der Waals surface area contributed by atoms with Crippen LogP contribution in [0.1, 0.15) is 18.1 Å². The first-order chi connectivity index (χ1) is 12.2. The molecule has 0 aromatic heterocycles. The van der Waals surface area contributed by atoms with Crippen molar-refractivity contribution in [2.24, 2.45) is 0 Å². The first-order valence-electron chi connectivity index (χ1n) is 8.14. The van der Waals surface area contributed by atoms with E-state index in [1.165, 1.54) is 0 Å². The Balaban J connectivity index is 2.11. The average Bonchev–Trinajstić information content (AvgIpc) is 2.61. The lowest BCUT2D eigenvalue weighted by Crippen LogP contribution is -3.12. The standard InChI is InChI=1S/C19H21F3N2O2/c1-11-5-8-16(26-4)13(9-11)10-24(3)12(2)19(25)23-15-7-6-14(20)17(21)18(15)22/h5-9,12H,10H2,1-4H3,(H,23,25)/p+1/t12-/m1/s1. The second kappa shape index (κ2) is 8.23. The molecule has 140 valence electrons. The van der Waals surface area contributed by atoms with E-state index in [-0.39, 0.29) is 5.69 Å². The van der Waals surface area contributed by atoms with Gasteiger partial charge in [-0.1, -0.05) is 11.6 Å². The predicted octanol–water partition coefficient (Wildman–Crippen LogP) is 2.46. The summed E-state index contributed by atoms with van der Waals surface area (Å²) in [6, 6.07) is 6.97. The maximum atomic E-state index is 13.7. The van der Waals surface area contributed by atoms with Crippen LogP contribution >= 0.6 is 0 Å². The summed E-state index contributed by atoms with van der Waals surface area (Å²) in [7, 11) is 3.39. The van der Waals surface area contributed by atoms with Gasteiger partial charge in [0.15, 0.2) is 23.5 Å². The molecule has 0 aliphatic rings. The number of aryl methyl sites for hydroxylation is 1. The van der Waals surface area contributed by atoms with E-state index in [4.69, 9.17) is 4.74 Å². The smallest absolute Gasteiger partial charge is 0.282 e. The SMILES string of the molecule is COc1ccc(C)cc1C[NH+](C)[C@H](C)C(=O)Nc1ccc(F)c(F)c1F. The number of anilines is 1. The Bertz CT molecular complexity index is 812. The fourth-order valence-corrected chi connectivity index (χ4v) is 2.59. The number of halogens is 3. The third-order valence-corrected chi connectivity index (χ3v) is 4.33. The first kappa shape index (κ1) is 19.8. The Morgan fingerprint density at radius 3 is 2.54 bits per heavy atom. The summed E-state index contributed by atoms with van der Waals surface area (Å²) in [5, 5.41) is 2.31. The maximum absolute atomic E-state index is 13.7. The van der Waals surface area contributed by atoms with E-state index < -0.39 is 29.4 Å². The molecule has 2 rings (SSSR count). The number of likely N-dealkylation sites (N-methyl/N-ethyl adjacent to an activating group) is 1. The number of carbonyl (C=O) groups excluding carboxylic acids is 1. The van der Waals surface area contributed by atoms with Gasteiger partial charge in [0.25, 0.3) is 5.91 Å². The highest BCUT2D eigenvalue weighted by molar-refractivity contribution is 5.93. The number of benzene rings is 2. The Labute approximate surface area is 150 Å². The highest BCUT2D eigenvalue weighted by Crippen LogP contribution is 2.20. The van der Waals surface area contributed by atoms with Crippen molar-refractivity contribution < 1.29 is 27.6 Å². The molecule has 0 radical (unpaired) electrons. The van der Waals surface area contributed by atoms with Crippen molar-refractivity contribution >= 4 is 11.6 Å². The molecule has 7 heteroatoms. The van der Waals surface area contributed by atoms with Gasteiger partial charge in [-0.15, -0.1) is 0 Å². The molecule has 4 nitrogen and oxygen atoms in total. The predicted molar refractivity (Wildman–Crippen MR) is 92.7 cm³/mol. The second-order valence-corrected chi connectivity index (χ2v) is 6.27. The normalized spacial score (nSPS) is 13.2. The Morgan fingerprint density at radius 2 is 1.88 bits per heavy atom. The molecule has 0 saturated carbocycles. The van der Waals surface area contributed by atoms with E-state index in [0.29, 0.717) is 12.3 Å². The first-order valence-corrected chi connectivity index (χ1v) is 8.14. The molecule has 2 N–H and O–H groups in total. The van der Waals surface area contributed by atoms with Gasteiger partial charge in [-0.25, -0.2) is 13.2 Å². The number of rotatable bonds is 6. The largest absolute Gasteiger partial charge is 0.496 e. The molecule has 0 aliphatic carbocycles. The van der Waals surface area contributed by atoms with Gasteiger partial charge in [0.1, 0.15) is 12.3 Å². The van der Waals surface area contributed by atoms with E-state index >= 15 is 0 Å².